The van der Waals surface area contributed by atoms with Gasteiger partial charge in [-0.05, 0) is 6.92 Å². The second-order valence-corrected chi connectivity index (χ2v) is 6.67. The van der Waals surface area contributed by atoms with Crippen LogP contribution in [0.4, 0.5) is 0 Å². The highest BCUT2D eigenvalue weighted by atomic mass is 32.1. The predicted octanol–water partition coefficient (Wildman–Crippen LogP) is 2.23. The van der Waals surface area contributed by atoms with Gasteiger partial charge in [-0.15, -0.1) is 22.7 Å². The average molecular weight is 294 g/mol. The van der Waals surface area contributed by atoms with Gasteiger partial charge in [-0.1, -0.05) is 0 Å². The van der Waals surface area contributed by atoms with Crippen LogP contribution in [0.2, 0.25) is 0 Å². The van der Waals surface area contributed by atoms with Crippen LogP contribution in [0.3, 0.4) is 0 Å². The van der Waals surface area contributed by atoms with E-state index in [4.69, 9.17) is 0 Å². The van der Waals surface area contributed by atoms with Gasteiger partial charge in [-0.3, -0.25) is 9.80 Å². The van der Waals surface area contributed by atoms with Gasteiger partial charge in [0.15, 0.2) is 0 Å². The Morgan fingerprint density at radius 2 is 1.74 bits per heavy atom. The molecule has 3 rings (SSSR count). The fraction of sp³-hybridized carbons (Fsp3) is 0.538. The molecule has 0 aromatic carbocycles. The highest BCUT2D eigenvalue weighted by Crippen LogP contribution is 2.13. The first-order valence-corrected chi connectivity index (χ1v) is 8.34. The first-order chi connectivity index (χ1) is 9.29. The first kappa shape index (κ1) is 13.2. The molecule has 102 valence electrons. The molecule has 3 heterocycles. The molecule has 19 heavy (non-hydrogen) atoms. The molecule has 2 aromatic heterocycles. The van der Waals surface area contributed by atoms with Gasteiger partial charge in [0.2, 0.25) is 0 Å². The van der Waals surface area contributed by atoms with Gasteiger partial charge in [-0.25, -0.2) is 9.97 Å². The van der Waals surface area contributed by atoms with E-state index in [2.05, 4.69) is 37.5 Å². The maximum Gasteiger partial charge on any atom is 0.0897 e. The third-order valence-corrected chi connectivity index (χ3v) is 4.84. The van der Waals surface area contributed by atoms with E-state index in [9.17, 15) is 0 Å². The summed E-state index contributed by atoms with van der Waals surface area (Å²) >= 11 is 3.42. The van der Waals surface area contributed by atoms with Crippen molar-refractivity contribution in [3.05, 3.63) is 32.7 Å². The average Bonchev–Trinajstić information content (AvgIpc) is 3.04. The van der Waals surface area contributed by atoms with E-state index < -0.39 is 0 Å². The van der Waals surface area contributed by atoms with Gasteiger partial charge < -0.3 is 0 Å². The molecule has 0 atom stereocenters. The maximum absolute atomic E-state index is 4.54. The van der Waals surface area contributed by atoms with E-state index in [1.165, 1.54) is 11.4 Å². The van der Waals surface area contributed by atoms with Crippen molar-refractivity contribution in [2.24, 2.45) is 0 Å². The fourth-order valence-electron chi connectivity index (χ4n) is 2.36. The fourth-order valence-corrected chi connectivity index (χ4v) is 3.51. The zero-order valence-corrected chi connectivity index (χ0v) is 12.7. The summed E-state index contributed by atoms with van der Waals surface area (Å²) in [6.07, 6.45) is 0. The maximum atomic E-state index is 4.54. The smallest absolute Gasteiger partial charge is 0.0897 e. The van der Waals surface area contributed by atoms with Crippen molar-refractivity contribution in [2.75, 3.05) is 26.2 Å². The molecule has 0 saturated carbocycles. The molecule has 0 amide bonds. The summed E-state index contributed by atoms with van der Waals surface area (Å²) in [5.74, 6) is 0. The van der Waals surface area contributed by atoms with Crippen LogP contribution in [-0.4, -0.2) is 45.9 Å². The van der Waals surface area contributed by atoms with E-state index in [0.29, 0.717) is 0 Å². The van der Waals surface area contributed by atoms with Crippen LogP contribution < -0.4 is 0 Å². The number of aryl methyl sites for hydroxylation is 1. The highest BCUT2D eigenvalue weighted by Gasteiger charge is 2.18. The van der Waals surface area contributed by atoms with E-state index in [-0.39, 0.29) is 0 Å². The highest BCUT2D eigenvalue weighted by molar-refractivity contribution is 7.09. The van der Waals surface area contributed by atoms with Crippen molar-refractivity contribution in [2.45, 2.75) is 20.0 Å². The molecule has 1 aliphatic rings. The van der Waals surface area contributed by atoms with Crippen molar-refractivity contribution >= 4 is 22.7 Å². The Kier molecular flexibility index (Phi) is 4.22. The lowest BCUT2D eigenvalue weighted by Gasteiger charge is -2.33. The van der Waals surface area contributed by atoms with Crippen LogP contribution in [0.5, 0.6) is 0 Å². The molecule has 0 aliphatic carbocycles. The third kappa shape index (κ3) is 3.60. The van der Waals surface area contributed by atoms with Gasteiger partial charge in [0.25, 0.3) is 0 Å². The number of piperazine rings is 1. The van der Waals surface area contributed by atoms with Crippen molar-refractivity contribution in [1.82, 2.24) is 19.8 Å². The van der Waals surface area contributed by atoms with Crippen LogP contribution in [0, 0.1) is 6.92 Å². The normalized spacial score (nSPS) is 17.9. The van der Waals surface area contributed by atoms with Gasteiger partial charge in [0, 0.05) is 50.0 Å². The summed E-state index contributed by atoms with van der Waals surface area (Å²) in [6, 6.07) is 0. The monoisotopic (exact) mass is 294 g/mol. The van der Waals surface area contributed by atoms with Crippen LogP contribution in [-0.2, 0) is 13.1 Å². The minimum atomic E-state index is 0.993. The second-order valence-electron chi connectivity index (χ2n) is 4.89. The number of nitrogens with zero attached hydrogens (tertiary/aromatic N) is 4. The molecule has 1 fully saturated rings. The van der Waals surface area contributed by atoms with E-state index in [1.54, 1.807) is 22.7 Å². The summed E-state index contributed by atoms with van der Waals surface area (Å²) in [7, 11) is 0. The number of hydrogen-bond acceptors (Lipinski definition) is 6. The van der Waals surface area contributed by atoms with Crippen LogP contribution in [0.15, 0.2) is 16.3 Å². The Morgan fingerprint density at radius 3 is 2.26 bits per heavy atom. The standard InChI is InChI=1S/C13H18N4S2/c1-11-15-13(9-19-11)7-17-4-2-16(3-5-17)6-12-8-18-10-14-12/h8-10H,2-7H2,1H3. The molecular weight excluding hydrogens is 276 g/mol. The molecule has 1 aliphatic heterocycles. The van der Waals surface area contributed by atoms with E-state index >= 15 is 0 Å². The first-order valence-electron chi connectivity index (χ1n) is 6.52. The predicted molar refractivity (Wildman–Crippen MR) is 79.5 cm³/mol. The Bertz CT molecular complexity index is 500. The number of thiazole rings is 2. The zero-order valence-electron chi connectivity index (χ0n) is 11.1. The van der Waals surface area contributed by atoms with E-state index in [1.807, 2.05) is 5.51 Å². The summed E-state index contributed by atoms with van der Waals surface area (Å²) in [5.41, 5.74) is 4.33. The Hall–Kier alpha value is -0.820. The van der Waals surface area contributed by atoms with Gasteiger partial charge in [0.1, 0.15) is 0 Å². The lowest BCUT2D eigenvalue weighted by molar-refractivity contribution is 0.120. The van der Waals surface area contributed by atoms with E-state index in [0.717, 1.165) is 44.3 Å². The quantitative estimate of drug-likeness (QED) is 0.865. The van der Waals surface area contributed by atoms with Crippen LogP contribution >= 0.6 is 22.7 Å². The SMILES string of the molecule is Cc1nc(CN2CCN(Cc3cscn3)CC2)cs1. The Balaban J connectivity index is 1.46. The van der Waals surface area contributed by atoms with Gasteiger partial charge in [0.05, 0.1) is 21.9 Å². The number of rotatable bonds is 4. The minimum absolute atomic E-state index is 0.993. The molecule has 0 spiro atoms. The molecule has 6 heteroatoms. The van der Waals surface area contributed by atoms with Gasteiger partial charge in [-0.2, -0.15) is 0 Å². The molecule has 0 N–H and O–H groups in total. The van der Waals surface area contributed by atoms with Crippen molar-refractivity contribution < 1.29 is 0 Å². The molecule has 2 aromatic rings. The minimum Gasteiger partial charge on any atom is -0.295 e. The lowest BCUT2D eigenvalue weighted by atomic mass is 10.3. The lowest BCUT2D eigenvalue weighted by Crippen LogP contribution is -2.45. The van der Waals surface area contributed by atoms with Crippen LogP contribution in [0.25, 0.3) is 0 Å². The Morgan fingerprint density at radius 1 is 1.05 bits per heavy atom. The molecule has 0 bridgehead atoms. The molecule has 0 unspecified atom stereocenters. The second kappa shape index (κ2) is 6.09. The van der Waals surface area contributed by atoms with Crippen LogP contribution in [0.1, 0.15) is 16.4 Å². The van der Waals surface area contributed by atoms with Crippen molar-refractivity contribution in [3.8, 4) is 0 Å². The molecule has 0 radical (unpaired) electrons. The third-order valence-electron chi connectivity index (χ3n) is 3.39. The molecule has 1 saturated heterocycles. The Labute approximate surface area is 121 Å². The summed E-state index contributed by atoms with van der Waals surface area (Å²) < 4.78 is 0. The van der Waals surface area contributed by atoms with Gasteiger partial charge >= 0.3 is 0 Å². The largest absolute Gasteiger partial charge is 0.295 e. The molecule has 4 nitrogen and oxygen atoms in total. The molecular formula is C13H18N4S2. The number of hydrogen-bond donors (Lipinski definition) is 0. The summed E-state index contributed by atoms with van der Waals surface area (Å²) in [4.78, 5) is 13.9. The topological polar surface area (TPSA) is 32.3 Å². The van der Waals surface area contributed by atoms with Crippen molar-refractivity contribution in [1.29, 1.82) is 0 Å². The van der Waals surface area contributed by atoms with Crippen molar-refractivity contribution in [3.63, 3.8) is 0 Å². The number of aromatic nitrogens is 2. The zero-order chi connectivity index (χ0) is 13.1. The summed E-state index contributed by atoms with van der Waals surface area (Å²) in [6.45, 7) is 8.56. The summed E-state index contributed by atoms with van der Waals surface area (Å²) in [5, 5.41) is 5.48.